The maximum Gasteiger partial charge on any atom is 0.259 e. The summed E-state index contributed by atoms with van der Waals surface area (Å²) in [5, 5.41) is 0. The Balaban J connectivity index is 2.07. The number of H-pyrrole nitrogens is 1. The number of alkyl halides is 1. The van der Waals surface area contributed by atoms with Crippen LogP contribution in [0, 0.1) is 5.92 Å². The smallest absolute Gasteiger partial charge is 0.259 e. The molecule has 1 aliphatic heterocycles. The van der Waals surface area contributed by atoms with Crippen molar-refractivity contribution in [3.8, 4) is 0 Å². The highest BCUT2D eigenvalue weighted by Crippen LogP contribution is 2.19. The highest BCUT2D eigenvalue weighted by atomic mass is 35.5. The van der Waals surface area contributed by atoms with Crippen LogP contribution in [0.2, 0.25) is 0 Å². The highest BCUT2D eigenvalue weighted by Gasteiger charge is 2.24. The van der Waals surface area contributed by atoms with Gasteiger partial charge in [0.25, 0.3) is 5.91 Å². The van der Waals surface area contributed by atoms with Crippen LogP contribution in [0.15, 0.2) is 23.3 Å². The number of piperidine rings is 1. The van der Waals surface area contributed by atoms with Crippen LogP contribution in [0.5, 0.6) is 0 Å². The Morgan fingerprint density at radius 2 is 2.18 bits per heavy atom. The van der Waals surface area contributed by atoms with Crippen molar-refractivity contribution in [3.63, 3.8) is 0 Å². The van der Waals surface area contributed by atoms with Crippen molar-refractivity contribution < 1.29 is 4.79 Å². The average Bonchev–Trinajstić information content (AvgIpc) is 2.39. The molecule has 0 unspecified atom stereocenters. The van der Waals surface area contributed by atoms with E-state index in [9.17, 15) is 9.59 Å². The lowest BCUT2D eigenvalue weighted by atomic mass is 9.98. The maximum atomic E-state index is 12.1. The van der Waals surface area contributed by atoms with Crippen LogP contribution >= 0.6 is 11.6 Å². The third kappa shape index (κ3) is 2.69. The topological polar surface area (TPSA) is 53.2 Å². The number of amides is 1. The van der Waals surface area contributed by atoms with E-state index in [1.54, 1.807) is 4.90 Å². The molecule has 1 amide bonds. The van der Waals surface area contributed by atoms with Gasteiger partial charge in [0.05, 0.1) is 0 Å². The third-order valence-electron chi connectivity index (χ3n) is 3.17. The van der Waals surface area contributed by atoms with Crippen LogP contribution < -0.4 is 5.43 Å². The van der Waals surface area contributed by atoms with E-state index in [0.29, 0.717) is 24.9 Å². The van der Waals surface area contributed by atoms with Gasteiger partial charge < -0.3 is 9.88 Å². The minimum Gasteiger partial charge on any atom is -0.367 e. The van der Waals surface area contributed by atoms with Crippen molar-refractivity contribution in [2.45, 2.75) is 12.8 Å². The van der Waals surface area contributed by atoms with Gasteiger partial charge in [-0.3, -0.25) is 9.59 Å². The van der Waals surface area contributed by atoms with Crippen molar-refractivity contribution >= 4 is 17.5 Å². The number of likely N-dealkylation sites (tertiary alicyclic amines) is 1. The lowest BCUT2D eigenvalue weighted by Crippen LogP contribution is -2.40. The van der Waals surface area contributed by atoms with E-state index in [0.717, 1.165) is 12.8 Å². The summed E-state index contributed by atoms with van der Waals surface area (Å²) in [5.41, 5.74) is -0.00922. The Kier molecular flexibility index (Phi) is 3.84. The summed E-state index contributed by atoms with van der Waals surface area (Å²) in [6.07, 6.45) is 4.83. The molecule has 1 fully saturated rings. The Labute approximate surface area is 105 Å². The number of nitrogens with zero attached hydrogens (tertiary/aromatic N) is 1. The first-order valence-corrected chi connectivity index (χ1v) is 6.28. The second-order valence-electron chi connectivity index (χ2n) is 4.31. The van der Waals surface area contributed by atoms with E-state index in [1.807, 2.05) is 0 Å². The predicted molar refractivity (Wildman–Crippen MR) is 66.4 cm³/mol. The van der Waals surface area contributed by atoms with E-state index in [1.165, 1.54) is 18.5 Å². The largest absolute Gasteiger partial charge is 0.367 e. The normalized spacial score (nSPS) is 17.1. The summed E-state index contributed by atoms with van der Waals surface area (Å²) < 4.78 is 0. The van der Waals surface area contributed by atoms with Gasteiger partial charge in [0, 0.05) is 37.4 Å². The number of hydrogen-bond donors (Lipinski definition) is 1. The molecule has 0 spiro atoms. The van der Waals surface area contributed by atoms with Crippen LogP contribution in [0.3, 0.4) is 0 Å². The van der Waals surface area contributed by atoms with Gasteiger partial charge in [-0.25, -0.2) is 0 Å². The summed E-state index contributed by atoms with van der Waals surface area (Å²) in [5.74, 6) is 0.961. The molecule has 0 saturated carbocycles. The number of aromatic nitrogens is 1. The van der Waals surface area contributed by atoms with E-state index in [4.69, 9.17) is 11.6 Å². The van der Waals surface area contributed by atoms with E-state index in [2.05, 4.69) is 4.98 Å². The molecule has 1 aliphatic rings. The molecule has 1 aromatic heterocycles. The summed E-state index contributed by atoms with van der Waals surface area (Å²) in [6.45, 7) is 1.37. The molecule has 0 atom stereocenters. The van der Waals surface area contributed by atoms with Crippen LogP contribution in [0.25, 0.3) is 0 Å². The van der Waals surface area contributed by atoms with Crippen molar-refractivity contribution in [2.24, 2.45) is 5.92 Å². The van der Waals surface area contributed by atoms with Crippen LogP contribution in [-0.2, 0) is 0 Å². The molecule has 1 saturated heterocycles. The minimum atomic E-state index is -0.229. The molecule has 17 heavy (non-hydrogen) atoms. The molecule has 0 aromatic carbocycles. The third-order valence-corrected chi connectivity index (χ3v) is 3.61. The minimum absolute atomic E-state index is 0.181. The first-order chi connectivity index (χ1) is 8.22. The van der Waals surface area contributed by atoms with Crippen LogP contribution in [0.4, 0.5) is 0 Å². The molecule has 92 valence electrons. The number of rotatable bonds is 2. The van der Waals surface area contributed by atoms with Gasteiger partial charge in [0.1, 0.15) is 5.56 Å². The Bertz CT molecular complexity index is 450. The van der Waals surface area contributed by atoms with Gasteiger partial charge >= 0.3 is 0 Å². The van der Waals surface area contributed by atoms with Gasteiger partial charge in [0.15, 0.2) is 5.43 Å². The Hall–Kier alpha value is -1.29. The summed E-state index contributed by atoms with van der Waals surface area (Å²) >= 11 is 5.79. The highest BCUT2D eigenvalue weighted by molar-refractivity contribution is 6.18. The molecule has 0 bridgehead atoms. The Morgan fingerprint density at radius 3 is 2.76 bits per heavy atom. The molecule has 0 radical (unpaired) electrons. The van der Waals surface area contributed by atoms with Crippen molar-refractivity contribution in [1.29, 1.82) is 0 Å². The fourth-order valence-corrected chi connectivity index (χ4v) is 2.35. The molecular formula is C12H15ClN2O2. The standard InChI is InChI=1S/C12H15ClN2O2/c13-7-9-2-5-15(6-3-9)12(17)10-8-14-4-1-11(10)16/h1,4,8-9H,2-3,5-7H2,(H,14,16). The summed E-state index contributed by atoms with van der Waals surface area (Å²) in [4.78, 5) is 28.1. The summed E-state index contributed by atoms with van der Waals surface area (Å²) in [6, 6.07) is 1.37. The molecule has 5 heteroatoms. The van der Waals surface area contributed by atoms with Gasteiger partial charge in [-0.05, 0) is 18.8 Å². The number of aromatic amines is 1. The van der Waals surface area contributed by atoms with Gasteiger partial charge in [0.2, 0.25) is 0 Å². The first kappa shape index (κ1) is 12.2. The second kappa shape index (κ2) is 5.36. The van der Waals surface area contributed by atoms with Crippen molar-refractivity contribution in [3.05, 3.63) is 34.2 Å². The monoisotopic (exact) mass is 254 g/mol. The van der Waals surface area contributed by atoms with Gasteiger partial charge in [-0.2, -0.15) is 0 Å². The number of carbonyl (C=O) groups is 1. The molecule has 0 aliphatic carbocycles. The summed E-state index contributed by atoms with van der Waals surface area (Å²) in [7, 11) is 0. The number of nitrogens with one attached hydrogen (secondary N) is 1. The second-order valence-corrected chi connectivity index (χ2v) is 4.62. The lowest BCUT2D eigenvalue weighted by molar-refractivity contribution is 0.0696. The van der Waals surface area contributed by atoms with E-state index < -0.39 is 0 Å². The quantitative estimate of drug-likeness (QED) is 0.813. The zero-order valence-electron chi connectivity index (χ0n) is 9.49. The maximum absolute atomic E-state index is 12.1. The van der Waals surface area contributed by atoms with E-state index in [-0.39, 0.29) is 16.9 Å². The number of carbonyl (C=O) groups excluding carboxylic acids is 1. The Morgan fingerprint density at radius 1 is 1.47 bits per heavy atom. The average molecular weight is 255 g/mol. The SMILES string of the molecule is O=C(c1c[nH]ccc1=O)N1CCC(CCl)CC1. The zero-order chi connectivity index (χ0) is 12.3. The molecule has 2 rings (SSSR count). The molecule has 1 N–H and O–H groups in total. The van der Waals surface area contributed by atoms with E-state index >= 15 is 0 Å². The molecule has 2 heterocycles. The fourth-order valence-electron chi connectivity index (χ4n) is 2.04. The molecule has 1 aromatic rings. The van der Waals surface area contributed by atoms with Crippen molar-refractivity contribution in [2.75, 3.05) is 19.0 Å². The van der Waals surface area contributed by atoms with Gasteiger partial charge in [-0.15, -0.1) is 11.6 Å². The van der Waals surface area contributed by atoms with Crippen LogP contribution in [0.1, 0.15) is 23.2 Å². The molecular weight excluding hydrogens is 240 g/mol. The van der Waals surface area contributed by atoms with Gasteiger partial charge in [-0.1, -0.05) is 0 Å². The number of hydrogen-bond acceptors (Lipinski definition) is 2. The zero-order valence-corrected chi connectivity index (χ0v) is 10.2. The van der Waals surface area contributed by atoms with Crippen molar-refractivity contribution in [1.82, 2.24) is 9.88 Å². The predicted octanol–water partition coefficient (Wildman–Crippen LogP) is 1.47. The fraction of sp³-hybridized carbons (Fsp3) is 0.500. The number of halogens is 1. The molecule has 4 nitrogen and oxygen atoms in total. The lowest BCUT2D eigenvalue weighted by Gasteiger charge is -2.30. The number of pyridine rings is 1. The first-order valence-electron chi connectivity index (χ1n) is 5.74. The van der Waals surface area contributed by atoms with Crippen LogP contribution in [-0.4, -0.2) is 34.8 Å².